The maximum absolute atomic E-state index is 10.2. The molecule has 4 heteroatoms. The van der Waals surface area contributed by atoms with Gasteiger partial charge in [-0.2, -0.15) is 0 Å². The molecule has 13 aromatic rings. The molecule has 4 aromatic heterocycles. The summed E-state index contributed by atoms with van der Waals surface area (Å²) in [6.45, 7) is 0. The van der Waals surface area contributed by atoms with Crippen molar-refractivity contribution in [1.82, 2.24) is 18.3 Å². The van der Waals surface area contributed by atoms with Gasteiger partial charge in [0, 0.05) is 65.8 Å². The molecule has 0 spiro atoms. The normalized spacial score (nSPS) is 20.3. The van der Waals surface area contributed by atoms with E-state index in [1.54, 1.807) is 0 Å². The van der Waals surface area contributed by atoms with Crippen molar-refractivity contribution >= 4 is 87.2 Å². The maximum atomic E-state index is 10.2. The van der Waals surface area contributed by atoms with Gasteiger partial charge in [-0.15, -0.1) is 0 Å². The zero-order valence-corrected chi connectivity index (χ0v) is 28.8. The quantitative estimate of drug-likeness (QED) is 0.170. The molecule has 0 N–H and O–H groups in total. The molecule has 0 saturated carbocycles. The second-order valence-electron chi connectivity index (χ2n) is 12.8. The molecule has 0 aliphatic heterocycles. The highest BCUT2D eigenvalue weighted by Crippen LogP contribution is 2.40. The largest absolute Gasteiger partial charge is 0.309 e. The Bertz CT molecular complexity index is 5660. The lowest BCUT2D eigenvalue weighted by molar-refractivity contribution is 1.13. The van der Waals surface area contributed by atoms with E-state index in [-0.39, 0.29) is 0 Å². The van der Waals surface area contributed by atoms with Gasteiger partial charge in [-0.05, 0) is 90.6 Å². The van der Waals surface area contributed by atoms with Crippen LogP contribution in [0.5, 0.6) is 0 Å². The molecule has 0 unspecified atom stereocenters. The first kappa shape index (κ1) is 13.1. The smallest absolute Gasteiger partial charge is 0.0667 e. The van der Waals surface area contributed by atoms with Crippen LogP contribution in [0.2, 0.25) is 0 Å². The van der Waals surface area contributed by atoms with Crippen LogP contribution in [0.4, 0.5) is 0 Å². The fourth-order valence-electron chi connectivity index (χ4n) is 7.52. The molecule has 13 rings (SSSR count). The fourth-order valence-corrected chi connectivity index (χ4v) is 7.52. The van der Waals surface area contributed by atoms with Crippen molar-refractivity contribution in [2.75, 3.05) is 0 Å². The first-order valence-electron chi connectivity index (χ1n) is 34.2. The number of hydrogen-bond donors (Lipinski definition) is 0. The zero-order chi connectivity index (χ0) is 67.5. The Morgan fingerprint density at radius 1 is 0.207 bits per heavy atom. The van der Waals surface area contributed by atoms with E-state index in [9.17, 15) is 19.2 Å². The number of fused-ring (bicyclic) bond motifs is 12. The van der Waals surface area contributed by atoms with Crippen molar-refractivity contribution in [3.8, 4) is 22.7 Å². The lowest BCUT2D eigenvalue weighted by atomic mass is 10.1. The molecular weight excluding hydrogens is 705 g/mol. The summed E-state index contributed by atoms with van der Waals surface area (Å²) in [5.74, 6) is 0. The van der Waals surface area contributed by atoms with Crippen LogP contribution >= 0.6 is 0 Å². The molecule has 0 radical (unpaired) electrons. The minimum absolute atomic E-state index is 0.502. The van der Waals surface area contributed by atoms with Gasteiger partial charge in [-0.3, -0.25) is 0 Å². The van der Waals surface area contributed by atoms with Crippen LogP contribution in [0.3, 0.4) is 0 Å². The first-order chi connectivity index (χ1) is 43.0. The molecule has 9 aromatic carbocycles. The SMILES string of the molecule is [2H]c1c([2H])c(-n2c3c([2H])c([2H])c([2H])c([2H])c3c3c([2H])c([2H])c([2H])c([2H])c32)c([2H])c(-n2c3c([2H])c([2H])c([2H])c([2H])c3c3c([2H])c(-n4c5c([2H])c([2H])c([2H])c([2H])c5c5c([2H])c(-n6c7c([2H])c([2H])c([2H])c([2H])c7c7c([2H])c([2H])c([2H])c([2H])c76)c([2H])c([2H])c54)c([2H])c([2H])c32)c1[2H]. The van der Waals surface area contributed by atoms with Crippen molar-refractivity contribution in [2.45, 2.75) is 0 Å². The Morgan fingerprint density at radius 3 is 0.759 bits per heavy atom. The van der Waals surface area contributed by atoms with Gasteiger partial charge in [0.1, 0.15) is 0 Å². The number of nitrogens with zero attached hydrogens (tertiary/aromatic N) is 4. The summed E-state index contributed by atoms with van der Waals surface area (Å²) in [6.07, 6.45) is 0. The molecule has 4 nitrogen and oxygen atoms in total. The summed E-state index contributed by atoms with van der Waals surface area (Å²) >= 11 is 0. The molecule has 58 heavy (non-hydrogen) atoms. The predicted molar refractivity (Wildman–Crippen MR) is 244 cm³/mol. The van der Waals surface area contributed by atoms with Gasteiger partial charge in [0.05, 0.1) is 90.7 Å². The summed E-state index contributed by atoms with van der Waals surface area (Å²) in [7, 11) is 0. The predicted octanol–water partition coefficient (Wildman–Crippen LogP) is 14.1. The second-order valence-corrected chi connectivity index (χ2v) is 12.8. The summed E-state index contributed by atoms with van der Waals surface area (Å²) in [5.41, 5.74) is -9.28. The first-order valence-corrected chi connectivity index (χ1v) is 17.2. The zero-order valence-electron chi connectivity index (χ0n) is 62.8. The third-order valence-corrected chi connectivity index (χ3v) is 9.85. The lowest BCUT2D eigenvalue weighted by Crippen LogP contribution is -1.99. The molecule has 0 bridgehead atoms. The van der Waals surface area contributed by atoms with E-state index in [0.717, 1.165) is 4.57 Å². The second kappa shape index (κ2) is 11.8. The number of aromatic nitrogens is 4. The van der Waals surface area contributed by atoms with E-state index in [4.69, 9.17) is 27.4 Å². The highest BCUT2D eigenvalue weighted by Gasteiger charge is 2.19. The minimum Gasteiger partial charge on any atom is -0.309 e. The Morgan fingerprint density at radius 2 is 0.448 bits per heavy atom. The summed E-state index contributed by atoms with van der Waals surface area (Å²) < 4.78 is 315. The Hall–Kier alpha value is -7.82. The van der Waals surface area contributed by atoms with E-state index >= 15 is 0 Å². The number of hydrogen-bond acceptors (Lipinski definition) is 0. The van der Waals surface area contributed by atoms with E-state index < -0.39 is 315 Å². The Kier molecular flexibility index (Phi) is 2.68. The van der Waals surface area contributed by atoms with Crippen molar-refractivity contribution < 1.29 is 46.6 Å². The van der Waals surface area contributed by atoms with Crippen LogP contribution in [0.1, 0.15) is 46.6 Å². The van der Waals surface area contributed by atoms with E-state index in [0.29, 0.717) is 13.7 Å². The van der Waals surface area contributed by atoms with Crippen LogP contribution < -0.4 is 0 Å². The van der Waals surface area contributed by atoms with Crippen molar-refractivity contribution in [2.24, 2.45) is 0 Å². The Balaban J connectivity index is 1.23. The molecule has 0 aliphatic carbocycles. The van der Waals surface area contributed by atoms with E-state index in [1.165, 1.54) is 0 Å². The number of para-hydroxylation sites is 6. The molecular formula is C54H34N4. The fraction of sp³-hybridized carbons (Fsp3) is 0. The summed E-state index contributed by atoms with van der Waals surface area (Å²) in [5, 5.41) is -4.90. The van der Waals surface area contributed by atoms with Crippen LogP contribution in [0.25, 0.3) is 110 Å². The van der Waals surface area contributed by atoms with Gasteiger partial charge in [0.15, 0.2) is 0 Å². The molecule has 0 atom stereocenters. The van der Waals surface area contributed by atoms with Crippen LogP contribution in [0, 0.1) is 0 Å². The van der Waals surface area contributed by atoms with Crippen molar-refractivity contribution in [3.05, 3.63) is 205 Å². The summed E-state index contributed by atoms with van der Waals surface area (Å²) in [6, 6.07) is -32.8. The van der Waals surface area contributed by atoms with Crippen molar-refractivity contribution in [1.29, 1.82) is 0 Å². The van der Waals surface area contributed by atoms with Gasteiger partial charge in [0.2, 0.25) is 0 Å². The monoisotopic (exact) mass is 772 g/mol. The molecule has 4 heterocycles. The standard InChI is InChI=1S/C54H34N4/c1-7-22-47-39(16-1)40-17-2-8-23-48(40)55(47)35-14-13-15-36(32-35)56-51-26-11-5-20-43(51)45-34-38(29-30-53(45)56)58-52-27-12-6-21-44(52)46-33-37(28-31-54(46)58)57-49-24-9-3-18-41(49)42-19-4-10-25-50(42)57/h1-34H/i1D,2D,3D,4D,5D,6D,7D,8D,9D,10D,11D,12D,13D,14D,15D,16D,17D,18D,19D,20D,21D,22D,23D,24D,25D,26D,27D,28D,29D,30D,31D,32D,33D,34D. The van der Waals surface area contributed by atoms with E-state index in [2.05, 4.69) is 0 Å². The average molecular weight is 773 g/mol. The van der Waals surface area contributed by atoms with Crippen LogP contribution in [-0.2, 0) is 0 Å². The highest BCUT2D eigenvalue weighted by atomic mass is 15.0. The third-order valence-electron chi connectivity index (χ3n) is 9.85. The molecule has 0 amide bonds. The Labute approximate surface area is 381 Å². The van der Waals surface area contributed by atoms with Gasteiger partial charge in [-0.25, -0.2) is 0 Å². The maximum Gasteiger partial charge on any atom is 0.0667 e. The van der Waals surface area contributed by atoms with E-state index in [1.807, 2.05) is 0 Å². The number of benzene rings is 9. The van der Waals surface area contributed by atoms with Gasteiger partial charge in [-0.1, -0.05) is 115 Å². The summed E-state index contributed by atoms with van der Waals surface area (Å²) in [4.78, 5) is 0. The molecule has 270 valence electrons. The minimum atomic E-state index is -1.17. The van der Waals surface area contributed by atoms with Gasteiger partial charge >= 0.3 is 0 Å². The average Bonchev–Trinajstić information content (AvgIpc) is 1.53. The molecule has 0 fully saturated rings. The topological polar surface area (TPSA) is 19.7 Å². The highest BCUT2D eigenvalue weighted by molar-refractivity contribution is 6.14. The van der Waals surface area contributed by atoms with Crippen molar-refractivity contribution in [3.63, 3.8) is 0 Å². The van der Waals surface area contributed by atoms with Crippen LogP contribution in [-0.4, -0.2) is 18.3 Å². The lowest BCUT2D eigenvalue weighted by Gasteiger charge is -2.13. The molecule has 0 saturated heterocycles. The van der Waals surface area contributed by atoms with Gasteiger partial charge in [0.25, 0.3) is 0 Å². The number of rotatable bonds is 4. The van der Waals surface area contributed by atoms with Crippen LogP contribution in [0.15, 0.2) is 205 Å². The van der Waals surface area contributed by atoms with Gasteiger partial charge < -0.3 is 18.3 Å². The third kappa shape index (κ3) is 4.29. The molecule has 0 aliphatic rings.